The molecule has 0 saturated carbocycles. The van der Waals surface area contributed by atoms with Crippen LogP contribution in [0, 0.1) is 5.92 Å². The van der Waals surface area contributed by atoms with Gasteiger partial charge in [-0.3, -0.25) is 14.5 Å². The number of alkyl halides is 3. The fraction of sp³-hybridized carbons (Fsp3) is 0.429. The summed E-state index contributed by atoms with van der Waals surface area (Å²) in [6.45, 7) is 4.63. The summed E-state index contributed by atoms with van der Waals surface area (Å²) in [6, 6.07) is 23.6. The first-order valence-electron chi connectivity index (χ1n) is 15.5. The molecule has 2 saturated heterocycles. The van der Waals surface area contributed by atoms with Gasteiger partial charge >= 0.3 is 12.1 Å². The Morgan fingerprint density at radius 2 is 1.74 bits per heavy atom. The molecule has 0 bridgehead atoms. The summed E-state index contributed by atoms with van der Waals surface area (Å²) in [5.41, 5.74) is 3.88. The van der Waals surface area contributed by atoms with Crippen LogP contribution in [-0.4, -0.2) is 65.2 Å². The van der Waals surface area contributed by atoms with Gasteiger partial charge in [-0.05, 0) is 55.6 Å². The lowest BCUT2D eigenvalue weighted by atomic mass is 9.89. The molecule has 2 amide bonds. The van der Waals surface area contributed by atoms with E-state index < -0.39 is 30.3 Å². The fourth-order valence-electron chi connectivity index (χ4n) is 6.19. The van der Waals surface area contributed by atoms with Crippen LogP contribution in [0.4, 0.5) is 18.9 Å². The average Bonchev–Trinajstić information content (AvgIpc) is 3.55. The molecular weight excluding hydrogens is 599 g/mol. The van der Waals surface area contributed by atoms with Gasteiger partial charge in [0.05, 0.1) is 18.8 Å². The molecule has 11 heteroatoms. The fourth-order valence-corrected chi connectivity index (χ4v) is 6.19. The lowest BCUT2D eigenvalue weighted by Gasteiger charge is -2.43. The van der Waals surface area contributed by atoms with Crippen LogP contribution in [0.2, 0.25) is 0 Å². The van der Waals surface area contributed by atoms with Crippen molar-refractivity contribution in [2.24, 2.45) is 5.92 Å². The molecule has 3 aromatic rings. The number of nitrogens with one attached hydrogen (secondary N) is 1. The molecular formula is C35H40F3N3O5. The van der Waals surface area contributed by atoms with Crippen LogP contribution >= 0.6 is 0 Å². The van der Waals surface area contributed by atoms with E-state index in [2.05, 4.69) is 43.2 Å². The summed E-state index contributed by atoms with van der Waals surface area (Å²) in [5.74, 6) is -2.74. The molecule has 2 aliphatic rings. The Kier molecular flexibility index (Phi) is 10.5. The highest BCUT2D eigenvalue weighted by atomic mass is 19.4. The van der Waals surface area contributed by atoms with E-state index in [1.807, 2.05) is 48.5 Å². The maximum atomic E-state index is 13.1. The van der Waals surface area contributed by atoms with Crippen LogP contribution in [0.3, 0.4) is 0 Å². The van der Waals surface area contributed by atoms with Gasteiger partial charge in [0.2, 0.25) is 5.91 Å². The number of carbonyl (C=O) groups excluding carboxylic acids is 2. The topological polar surface area (TPSA) is 91.3 Å². The summed E-state index contributed by atoms with van der Waals surface area (Å²) in [6.07, 6.45) is -6.01. The minimum Gasteiger partial charge on any atom is -0.392 e. The van der Waals surface area contributed by atoms with Crippen LogP contribution in [0.15, 0.2) is 78.9 Å². The highest BCUT2D eigenvalue weighted by Crippen LogP contribution is 2.42. The van der Waals surface area contributed by atoms with Gasteiger partial charge in [-0.2, -0.15) is 13.2 Å². The van der Waals surface area contributed by atoms with Crippen LogP contribution in [-0.2, 0) is 25.7 Å². The summed E-state index contributed by atoms with van der Waals surface area (Å²) >= 11 is 0. The predicted octanol–water partition coefficient (Wildman–Crippen LogP) is 6.16. The van der Waals surface area contributed by atoms with Crippen LogP contribution < -0.4 is 5.32 Å². The Bertz CT molecular complexity index is 1490. The number of benzene rings is 3. The Morgan fingerprint density at radius 1 is 1.02 bits per heavy atom. The molecule has 0 spiro atoms. The lowest BCUT2D eigenvalue weighted by molar-refractivity contribution is -0.276. The summed E-state index contributed by atoms with van der Waals surface area (Å²) in [7, 11) is 2.05. The van der Waals surface area contributed by atoms with Gasteiger partial charge in [0, 0.05) is 36.3 Å². The minimum absolute atomic E-state index is 0.0518. The number of likely N-dealkylation sites (N-methyl/N-ethyl adjacent to an activating group) is 1. The molecule has 0 radical (unpaired) electrons. The van der Waals surface area contributed by atoms with E-state index in [9.17, 15) is 27.9 Å². The maximum Gasteiger partial charge on any atom is 0.471 e. The van der Waals surface area contributed by atoms with E-state index in [0.717, 1.165) is 11.1 Å². The zero-order chi connectivity index (χ0) is 33.0. The van der Waals surface area contributed by atoms with E-state index in [-0.39, 0.29) is 43.7 Å². The molecule has 46 heavy (non-hydrogen) atoms. The summed E-state index contributed by atoms with van der Waals surface area (Å²) in [4.78, 5) is 27.8. The highest BCUT2D eigenvalue weighted by molar-refractivity contribution is 5.98. The van der Waals surface area contributed by atoms with Crippen molar-refractivity contribution in [2.75, 3.05) is 25.5 Å². The molecule has 246 valence electrons. The SMILES string of the molecule is CC1C(CN(C)C(C)c2ccccc2)OC(c2cccc(NC(=O)C3CCCN3C(=O)C(F)(F)F)c2)OC1c1ccc(CO)cc1. The second kappa shape index (κ2) is 14.3. The Labute approximate surface area is 267 Å². The molecule has 2 heterocycles. The number of anilines is 1. The number of hydrogen-bond acceptors (Lipinski definition) is 6. The van der Waals surface area contributed by atoms with Gasteiger partial charge < -0.3 is 24.8 Å². The van der Waals surface area contributed by atoms with E-state index in [0.29, 0.717) is 29.1 Å². The van der Waals surface area contributed by atoms with Gasteiger partial charge in [-0.1, -0.05) is 73.7 Å². The van der Waals surface area contributed by atoms with Gasteiger partial charge in [-0.25, -0.2) is 0 Å². The second-order valence-corrected chi connectivity index (χ2v) is 12.1. The number of hydrogen-bond donors (Lipinski definition) is 2. The van der Waals surface area contributed by atoms with Gasteiger partial charge in [0.25, 0.3) is 0 Å². The zero-order valence-corrected chi connectivity index (χ0v) is 26.1. The Hall–Kier alpha value is -3.77. The van der Waals surface area contributed by atoms with Crippen LogP contribution in [0.5, 0.6) is 0 Å². The van der Waals surface area contributed by atoms with Crippen molar-refractivity contribution in [1.29, 1.82) is 0 Å². The van der Waals surface area contributed by atoms with E-state index in [1.165, 1.54) is 5.56 Å². The minimum atomic E-state index is -5.05. The zero-order valence-electron chi connectivity index (χ0n) is 26.1. The maximum absolute atomic E-state index is 13.1. The number of aliphatic hydroxyl groups is 1. The molecule has 8 nitrogen and oxygen atoms in total. The Morgan fingerprint density at radius 3 is 2.41 bits per heavy atom. The third-order valence-electron chi connectivity index (χ3n) is 9.02. The smallest absolute Gasteiger partial charge is 0.392 e. The third-order valence-corrected chi connectivity index (χ3v) is 9.02. The average molecular weight is 640 g/mol. The standard InChI is InChI=1S/C35H40F3N3O5/c1-22-30(20-40(3)23(2)25-9-5-4-6-10-25)45-33(46-31(22)26-16-14-24(21-42)15-17-26)27-11-7-12-28(19-27)39-32(43)29-13-8-18-41(29)34(44)35(36,37)38/h4-7,9-12,14-17,19,22-23,29-31,33,42H,8,13,18,20-21H2,1-3H3,(H,39,43). The van der Waals surface area contributed by atoms with E-state index in [1.54, 1.807) is 18.2 Å². The summed E-state index contributed by atoms with van der Waals surface area (Å²) in [5, 5.41) is 12.2. The van der Waals surface area contributed by atoms with Gasteiger partial charge in [0.15, 0.2) is 6.29 Å². The van der Waals surface area contributed by atoms with Crippen LogP contribution in [0.1, 0.15) is 67.4 Å². The number of ether oxygens (including phenoxy) is 2. The number of amides is 2. The van der Waals surface area contributed by atoms with E-state index in [4.69, 9.17) is 9.47 Å². The number of likely N-dealkylation sites (tertiary alicyclic amines) is 1. The molecule has 2 aliphatic heterocycles. The van der Waals surface area contributed by atoms with Crippen molar-refractivity contribution in [1.82, 2.24) is 9.80 Å². The first kappa shape index (κ1) is 33.6. The number of aliphatic hydroxyl groups excluding tert-OH is 1. The normalized spacial score (nSPS) is 24.2. The van der Waals surface area contributed by atoms with Crippen molar-refractivity contribution < 1.29 is 37.3 Å². The predicted molar refractivity (Wildman–Crippen MR) is 166 cm³/mol. The molecule has 6 unspecified atom stereocenters. The van der Waals surface area contributed by atoms with Crippen molar-refractivity contribution in [3.05, 3.63) is 101 Å². The molecule has 6 atom stereocenters. The molecule has 2 fully saturated rings. The quantitative estimate of drug-likeness (QED) is 0.292. The third kappa shape index (κ3) is 7.60. The first-order valence-corrected chi connectivity index (χ1v) is 15.5. The number of rotatable bonds is 9. The summed E-state index contributed by atoms with van der Waals surface area (Å²) < 4.78 is 52.5. The van der Waals surface area contributed by atoms with Crippen LogP contribution in [0.25, 0.3) is 0 Å². The van der Waals surface area contributed by atoms with Crippen molar-refractivity contribution in [3.63, 3.8) is 0 Å². The number of halogens is 3. The molecule has 0 aliphatic carbocycles. The number of nitrogens with zero attached hydrogens (tertiary/aromatic N) is 2. The molecule has 3 aromatic carbocycles. The van der Waals surface area contributed by atoms with Gasteiger partial charge in [0.1, 0.15) is 6.04 Å². The molecule has 2 N–H and O–H groups in total. The number of carbonyl (C=O) groups is 2. The lowest BCUT2D eigenvalue weighted by Crippen LogP contribution is -2.48. The van der Waals surface area contributed by atoms with Gasteiger partial charge in [-0.15, -0.1) is 0 Å². The Balaban J connectivity index is 1.37. The van der Waals surface area contributed by atoms with Crippen molar-refractivity contribution in [2.45, 2.75) is 70.1 Å². The van der Waals surface area contributed by atoms with Crippen molar-refractivity contribution >= 4 is 17.5 Å². The monoisotopic (exact) mass is 639 g/mol. The molecule has 0 aromatic heterocycles. The second-order valence-electron chi connectivity index (χ2n) is 12.1. The van der Waals surface area contributed by atoms with Crippen molar-refractivity contribution in [3.8, 4) is 0 Å². The molecule has 5 rings (SSSR count). The van der Waals surface area contributed by atoms with E-state index >= 15 is 0 Å². The first-order chi connectivity index (χ1) is 22.0. The largest absolute Gasteiger partial charge is 0.471 e. The highest BCUT2D eigenvalue weighted by Gasteiger charge is 2.47.